The largest absolute Gasteiger partial charge is 0.224 e. The van der Waals surface area contributed by atoms with Crippen molar-refractivity contribution in [3.8, 4) is 0 Å². The number of hydrogen-bond acceptors (Lipinski definition) is 2. The quantitative estimate of drug-likeness (QED) is 0.747. The van der Waals surface area contributed by atoms with Crippen LogP contribution in [0.25, 0.3) is 0 Å². The van der Waals surface area contributed by atoms with Crippen LogP contribution >= 0.6 is 34.8 Å². The van der Waals surface area contributed by atoms with Crippen molar-refractivity contribution in [1.29, 1.82) is 0 Å². The lowest BCUT2D eigenvalue weighted by Gasteiger charge is -2.11. The molecule has 2 aromatic carbocycles. The zero-order valence-electron chi connectivity index (χ0n) is 10.3. The van der Waals surface area contributed by atoms with E-state index in [0.717, 1.165) is 5.56 Å². The molecule has 1 atom stereocenters. The highest BCUT2D eigenvalue weighted by molar-refractivity contribution is 7.91. The number of hydrogen-bond donors (Lipinski definition) is 0. The first-order chi connectivity index (χ1) is 9.40. The minimum Gasteiger partial charge on any atom is -0.224 e. The van der Waals surface area contributed by atoms with Crippen molar-refractivity contribution in [1.82, 2.24) is 0 Å². The second-order valence-corrected chi connectivity index (χ2v) is 7.61. The highest BCUT2D eigenvalue weighted by Gasteiger charge is 2.21. The Balaban J connectivity index is 2.25. The lowest BCUT2D eigenvalue weighted by molar-refractivity contribution is 0.594. The Labute approximate surface area is 133 Å². The first-order valence-corrected chi connectivity index (χ1v) is 8.61. The standard InChI is InChI=1S/C14H11Cl3O2S/c15-12-7-6-11(8-13(12)16)20(18,19)9-14(17)10-4-2-1-3-5-10/h1-8,14H,9H2/t14-/m1/s1. The number of halogens is 3. The van der Waals surface area contributed by atoms with Crippen molar-refractivity contribution in [3.63, 3.8) is 0 Å². The fourth-order valence-corrected chi connectivity index (χ4v) is 4.07. The van der Waals surface area contributed by atoms with Gasteiger partial charge in [0.2, 0.25) is 0 Å². The summed E-state index contributed by atoms with van der Waals surface area (Å²) in [7, 11) is -3.52. The van der Waals surface area contributed by atoms with Gasteiger partial charge < -0.3 is 0 Å². The zero-order valence-corrected chi connectivity index (χ0v) is 13.3. The minimum atomic E-state index is -3.52. The van der Waals surface area contributed by atoms with Crippen molar-refractivity contribution in [2.45, 2.75) is 10.3 Å². The van der Waals surface area contributed by atoms with Gasteiger partial charge in [-0.1, -0.05) is 53.5 Å². The molecule has 0 aromatic heterocycles. The average Bonchev–Trinajstić information content (AvgIpc) is 2.42. The van der Waals surface area contributed by atoms with Crippen molar-refractivity contribution in [2.75, 3.05) is 5.75 Å². The van der Waals surface area contributed by atoms with Gasteiger partial charge in [-0.25, -0.2) is 8.42 Å². The van der Waals surface area contributed by atoms with E-state index in [1.165, 1.54) is 18.2 Å². The Bertz CT molecular complexity index is 700. The fourth-order valence-electron chi connectivity index (χ4n) is 1.72. The molecule has 0 saturated heterocycles. The molecule has 2 aromatic rings. The minimum absolute atomic E-state index is 0.119. The van der Waals surface area contributed by atoms with E-state index < -0.39 is 15.2 Å². The number of rotatable bonds is 4. The molecule has 0 aliphatic heterocycles. The molecule has 0 aliphatic carbocycles. The van der Waals surface area contributed by atoms with Crippen LogP contribution in [-0.2, 0) is 9.84 Å². The Morgan fingerprint density at radius 1 is 0.950 bits per heavy atom. The first-order valence-electron chi connectivity index (χ1n) is 5.77. The van der Waals surface area contributed by atoms with E-state index in [0.29, 0.717) is 5.02 Å². The molecule has 0 bridgehead atoms. The molecule has 0 amide bonds. The molecule has 0 spiro atoms. The molecule has 0 saturated carbocycles. The van der Waals surface area contributed by atoms with E-state index in [9.17, 15) is 8.42 Å². The van der Waals surface area contributed by atoms with Crippen LogP contribution in [0.2, 0.25) is 10.0 Å². The summed E-state index contributed by atoms with van der Waals surface area (Å²) in [6, 6.07) is 13.3. The van der Waals surface area contributed by atoms with Crippen LogP contribution in [-0.4, -0.2) is 14.2 Å². The Hall–Kier alpha value is -0.740. The van der Waals surface area contributed by atoms with E-state index in [4.69, 9.17) is 34.8 Å². The van der Waals surface area contributed by atoms with Gasteiger partial charge >= 0.3 is 0 Å². The predicted molar refractivity (Wildman–Crippen MR) is 83.6 cm³/mol. The van der Waals surface area contributed by atoms with Gasteiger partial charge in [0.05, 0.1) is 26.1 Å². The molecule has 6 heteroatoms. The summed E-state index contributed by atoms with van der Waals surface area (Å²) in [5.74, 6) is -0.198. The van der Waals surface area contributed by atoms with Crippen molar-refractivity contribution in [2.24, 2.45) is 0 Å². The van der Waals surface area contributed by atoms with Crippen LogP contribution in [0.3, 0.4) is 0 Å². The lowest BCUT2D eigenvalue weighted by atomic mass is 10.2. The normalized spacial score (nSPS) is 13.2. The summed E-state index contributed by atoms with van der Waals surface area (Å²) < 4.78 is 24.6. The highest BCUT2D eigenvalue weighted by Crippen LogP contribution is 2.29. The van der Waals surface area contributed by atoms with E-state index in [2.05, 4.69) is 0 Å². The van der Waals surface area contributed by atoms with Crippen molar-refractivity contribution < 1.29 is 8.42 Å². The maximum absolute atomic E-state index is 12.3. The van der Waals surface area contributed by atoms with Crippen molar-refractivity contribution >= 4 is 44.6 Å². The molecule has 0 N–H and O–H groups in total. The summed E-state index contributed by atoms with van der Waals surface area (Å²) in [5, 5.41) is -0.0923. The molecule has 2 rings (SSSR count). The molecular weight excluding hydrogens is 339 g/mol. The van der Waals surface area contributed by atoms with Crippen LogP contribution in [0.1, 0.15) is 10.9 Å². The molecule has 0 heterocycles. The molecule has 0 fully saturated rings. The number of sulfone groups is 1. The summed E-state index contributed by atoms with van der Waals surface area (Å²) in [4.78, 5) is 0.119. The first kappa shape index (κ1) is 15.6. The molecule has 0 radical (unpaired) electrons. The second kappa shape index (κ2) is 6.35. The van der Waals surface area contributed by atoms with Gasteiger partial charge in [0.15, 0.2) is 9.84 Å². The van der Waals surface area contributed by atoms with Crippen molar-refractivity contribution in [3.05, 3.63) is 64.1 Å². The predicted octanol–water partition coefficient (Wildman–Crippen LogP) is 4.75. The molecular formula is C14H11Cl3O2S. The van der Waals surface area contributed by atoms with Gasteiger partial charge in [0.1, 0.15) is 0 Å². The Morgan fingerprint density at radius 2 is 1.60 bits per heavy atom. The third-order valence-corrected chi connectivity index (χ3v) is 5.85. The molecule has 0 unspecified atom stereocenters. The topological polar surface area (TPSA) is 34.1 Å². The molecule has 0 aliphatic rings. The van der Waals surface area contributed by atoms with E-state index in [1.807, 2.05) is 18.2 Å². The van der Waals surface area contributed by atoms with Gasteiger partial charge in [0.25, 0.3) is 0 Å². The number of alkyl halides is 1. The summed E-state index contributed by atoms with van der Waals surface area (Å²) in [5.41, 5.74) is 0.762. The van der Waals surface area contributed by atoms with Gasteiger partial charge in [-0.2, -0.15) is 0 Å². The van der Waals surface area contributed by atoms with Gasteiger partial charge in [0, 0.05) is 0 Å². The van der Waals surface area contributed by atoms with Crippen LogP contribution < -0.4 is 0 Å². The maximum atomic E-state index is 12.3. The summed E-state index contributed by atoms with van der Waals surface area (Å²) in [6.45, 7) is 0. The number of benzene rings is 2. The third kappa shape index (κ3) is 3.67. The van der Waals surface area contributed by atoms with Gasteiger partial charge in [-0.15, -0.1) is 11.6 Å². The van der Waals surface area contributed by atoms with Crippen LogP contribution in [0.4, 0.5) is 0 Å². The third-order valence-electron chi connectivity index (χ3n) is 2.78. The SMILES string of the molecule is O=S(=O)(C[C@@H](Cl)c1ccccc1)c1ccc(Cl)c(Cl)c1. The van der Waals surface area contributed by atoms with Gasteiger partial charge in [-0.3, -0.25) is 0 Å². The smallest absolute Gasteiger partial charge is 0.180 e. The van der Waals surface area contributed by atoms with Crippen LogP contribution in [0.5, 0.6) is 0 Å². The van der Waals surface area contributed by atoms with Crippen LogP contribution in [0.15, 0.2) is 53.4 Å². The van der Waals surface area contributed by atoms with Crippen LogP contribution in [0, 0.1) is 0 Å². The van der Waals surface area contributed by atoms with E-state index in [1.54, 1.807) is 12.1 Å². The Morgan fingerprint density at radius 3 is 2.20 bits per heavy atom. The maximum Gasteiger partial charge on any atom is 0.180 e. The monoisotopic (exact) mass is 348 g/mol. The summed E-state index contributed by atoms with van der Waals surface area (Å²) >= 11 is 17.8. The van der Waals surface area contributed by atoms with E-state index >= 15 is 0 Å². The highest BCUT2D eigenvalue weighted by atomic mass is 35.5. The molecule has 2 nitrogen and oxygen atoms in total. The van der Waals surface area contributed by atoms with Gasteiger partial charge in [-0.05, 0) is 23.8 Å². The fraction of sp³-hybridized carbons (Fsp3) is 0.143. The molecule has 20 heavy (non-hydrogen) atoms. The molecule has 106 valence electrons. The van der Waals surface area contributed by atoms with E-state index in [-0.39, 0.29) is 15.7 Å². The lowest BCUT2D eigenvalue weighted by Crippen LogP contribution is -2.11. The summed E-state index contributed by atoms with van der Waals surface area (Å²) in [6.07, 6.45) is 0. The average molecular weight is 350 g/mol. The Kier molecular flexibility index (Phi) is 4.97. The second-order valence-electron chi connectivity index (χ2n) is 4.24. The zero-order chi connectivity index (χ0) is 14.8.